The molecule has 9 nitrogen and oxygen atoms in total. The maximum atomic E-state index is 11.2. The smallest absolute Gasteiger partial charge is 0.225 e. The van der Waals surface area contributed by atoms with E-state index >= 15 is 0 Å². The van der Waals surface area contributed by atoms with E-state index in [0.29, 0.717) is 40.9 Å². The molecule has 3 aromatic rings. The molecule has 10 heteroatoms. The fraction of sp³-hybridized carbons (Fsp3) is 0.524. The number of aromatic nitrogens is 4. The lowest BCUT2D eigenvalue weighted by molar-refractivity contribution is -0.0545. The van der Waals surface area contributed by atoms with Gasteiger partial charge in [0.2, 0.25) is 5.95 Å². The Balaban J connectivity index is 1.80. The van der Waals surface area contributed by atoms with Gasteiger partial charge in [-0.15, -0.1) is 11.3 Å². The second-order valence-electron chi connectivity index (χ2n) is 8.15. The van der Waals surface area contributed by atoms with Crippen LogP contribution in [-0.2, 0) is 0 Å². The van der Waals surface area contributed by atoms with Crippen LogP contribution in [0.1, 0.15) is 38.8 Å². The molecule has 0 amide bonds. The van der Waals surface area contributed by atoms with Gasteiger partial charge in [0.05, 0.1) is 22.2 Å². The molecule has 5 N–H and O–H groups in total. The van der Waals surface area contributed by atoms with E-state index < -0.39 is 17.7 Å². The first-order valence-electron chi connectivity index (χ1n) is 10.5. The second-order valence-corrected chi connectivity index (χ2v) is 9.18. The van der Waals surface area contributed by atoms with Crippen molar-refractivity contribution in [3.8, 4) is 10.6 Å². The standard InChI is InChI=1S/C21H28N6O3S/c1-4-11(2)23-20-24-12(3)16(19-25-14-9-22-8-6-15(14)31-19)18(26-20)27-21(30)7-5-13(10-28)17(21)29/h6,8-9,11,13,17,28-30H,4-5,7,10H2,1-3H3,(H2,23,24,26,27)/t11-,13-,17-,21+/m1/s1. The Hall–Kier alpha value is -2.40. The van der Waals surface area contributed by atoms with E-state index in [1.807, 2.05) is 19.9 Å². The molecule has 31 heavy (non-hydrogen) atoms. The van der Waals surface area contributed by atoms with E-state index in [1.165, 1.54) is 11.3 Å². The Morgan fingerprint density at radius 3 is 2.81 bits per heavy atom. The number of rotatable bonds is 7. The number of nitrogens with zero attached hydrogens (tertiary/aromatic N) is 4. The first kappa shape index (κ1) is 21.8. The zero-order valence-electron chi connectivity index (χ0n) is 17.8. The van der Waals surface area contributed by atoms with Gasteiger partial charge in [-0.3, -0.25) is 4.98 Å². The van der Waals surface area contributed by atoms with Crippen molar-refractivity contribution >= 4 is 33.3 Å². The summed E-state index contributed by atoms with van der Waals surface area (Å²) in [7, 11) is 0. The predicted molar refractivity (Wildman–Crippen MR) is 121 cm³/mol. The molecular formula is C21H28N6O3S. The number of nitrogens with one attached hydrogen (secondary N) is 2. The summed E-state index contributed by atoms with van der Waals surface area (Å²) < 4.78 is 0.983. The number of aryl methyl sites for hydroxylation is 1. The largest absolute Gasteiger partial charge is 0.396 e. The zero-order valence-corrected chi connectivity index (χ0v) is 18.6. The highest BCUT2D eigenvalue weighted by molar-refractivity contribution is 7.21. The summed E-state index contributed by atoms with van der Waals surface area (Å²) in [6, 6.07) is 2.07. The SMILES string of the molecule is CC[C@@H](C)Nc1nc(C)c(-c2nc3cnccc3s2)c(N[C@]2(O)CC[C@H](CO)[C@H]2O)n1. The van der Waals surface area contributed by atoms with Gasteiger partial charge in [-0.1, -0.05) is 6.92 Å². The van der Waals surface area contributed by atoms with Gasteiger partial charge >= 0.3 is 0 Å². The van der Waals surface area contributed by atoms with Gasteiger partial charge in [0.1, 0.15) is 22.4 Å². The molecule has 0 aliphatic heterocycles. The van der Waals surface area contributed by atoms with Crippen molar-refractivity contribution in [2.24, 2.45) is 5.92 Å². The summed E-state index contributed by atoms with van der Waals surface area (Å²) in [6.07, 6.45) is 4.01. The lowest BCUT2D eigenvalue weighted by atomic mass is 10.0. The topological polar surface area (TPSA) is 136 Å². The van der Waals surface area contributed by atoms with E-state index in [-0.39, 0.29) is 12.6 Å². The van der Waals surface area contributed by atoms with Gasteiger partial charge < -0.3 is 26.0 Å². The van der Waals surface area contributed by atoms with Crippen molar-refractivity contribution in [3.63, 3.8) is 0 Å². The van der Waals surface area contributed by atoms with Gasteiger partial charge in [0.25, 0.3) is 0 Å². The van der Waals surface area contributed by atoms with Crippen LogP contribution in [0.25, 0.3) is 20.8 Å². The van der Waals surface area contributed by atoms with Gasteiger partial charge in [-0.2, -0.15) is 4.98 Å². The van der Waals surface area contributed by atoms with E-state index in [4.69, 9.17) is 4.98 Å². The molecule has 0 bridgehead atoms. The predicted octanol–water partition coefficient (Wildman–Crippen LogP) is 2.53. The summed E-state index contributed by atoms with van der Waals surface area (Å²) in [4.78, 5) is 18.1. The van der Waals surface area contributed by atoms with Crippen LogP contribution < -0.4 is 10.6 Å². The molecule has 1 saturated carbocycles. The number of hydrogen-bond donors (Lipinski definition) is 5. The number of fused-ring (bicyclic) bond motifs is 1. The summed E-state index contributed by atoms with van der Waals surface area (Å²) in [6.45, 7) is 5.80. The molecule has 0 unspecified atom stereocenters. The minimum atomic E-state index is -1.60. The Labute approximate surface area is 184 Å². The molecule has 4 rings (SSSR count). The molecule has 3 heterocycles. The molecule has 1 aliphatic rings. The average Bonchev–Trinajstić information content (AvgIpc) is 3.28. The van der Waals surface area contributed by atoms with Gasteiger partial charge in [0, 0.05) is 24.8 Å². The number of thiazole rings is 1. The van der Waals surface area contributed by atoms with E-state index in [1.54, 1.807) is 12.4 Å². The lowest BCUT2D eigenvalue weighted by Crippen LogP contribution is -2.48. The molecule has 166 valence electrons. The lowest BCUT2D eigenvalue weighted by Gasteiger charge is -2.31. The first-order valence-corrected chi connectivity index (χ1v) is 11.3. The fourth-order valence-electron chi connectivity index (χ4n) is 3.83. The Bertz CT molecular complexity index is 1040. The maximum Gasteiger partial charge on any atom is 0.225 e. The zero-order chi connectivity index (χ0) is 22.2. The van der Waals surface area contributed by atoms with Crippen LogP contribution in [-0.4, -0.2) is 59.7 Å². The van der Waals surface area contributed by atoms with Crippen LogP contribution in [0.5, 0.6) is 0 Å². The third-order valence-electron chi connectivity index (χ3n) is 5.88. The molecule has 0 spiro atoms. The number of aliphatic hydroxyl groups is 3. The molecule has 0 aromatic carbocycles. The van der Waals surface area contributed by atoms with E-state index in [0.717, 1.165) is 16.6 Å². The van der Waals surface area contributed by atoms with E-state index in [9.17, 15) is 15.3 Å². The Morgan fingerprint density at radius 1 is 1.32 bits per heavy atom. The summed E-state index contributed by atoms with van der Waals surface area (Å²) >= 11 is 1.49. The van der Waals surface area contributed by atoms with E-state index in [2.05, 4.69) is 32.5 Å². The highest BCUT2D eigenvalue weighted by atomic mass is 32.1. The highest BCUT2D eigenvalue weighted by Gasteiger charge is 2.47. The second kappa shape index (κ2) is 8.62. The van der Waals surface area contributed by atoms with Crippen molar-refractivity contribution in [2.45, 2.75) is 57.9 Å². The van der Waals surface area contributed by atoms with Gasteiger partial charge in [0.15, 0.2) is 5.72 Å². The summed E-state index contributed by atoms with van der Waals surface area (Å²) in [5.41, 5.74) is 0.540. The normalized spacial score (nSPS) is 24.5. The van der Waals surface area contributed by atoms with Crippen molar-refractivity contribution in [3.05, 3.63) is 24.2 Å². The number of hydrogen-bond acceptors (Lipinski definition) is 10. The quantitative estimate of drug-likeness (QED) is 0.348. The van der Waals surface area contributed by atoms with Gasteiger partial charge in [-0.25, -0.2) is 9.97 Å². The fourth-order valence-corrected chi connectivity index (χ4v) is 4.86. The van der Waals surface area contributed by atoms with Crippen LogP contribution in [0, 0.1) is 12.8 Å². The summed E-state index contributed by atoms with van der Waals surface area (Å²) in [5.74, 6) is 0.441. The van der Waals surface area contributed by atoms with Crippen LogP contribution in [0.2, 0.25) is 0 Å². The Kier molecular flexibility index (Phi) is 6.07. The number of pyridine rings is 1. The molecule has 1 aliphatic carbocycles. The van der Waals surface area contributed by atoms with Gasteiger partial charge in [-0.05, 0) is 39.2 Å². The molecule has 0 radical (unpaired) electrons. The summed E-state index contributed by atoms with van der Waals surface area (Å²) in [5, 5.41) is 38.3. The van der Waals surface area contributed by atoms with Crippen LogP contribution in [0.4, 0.5) is 11.8 Å². The van der Waals surface area contributed by atoms with Crippen LogP contribution >= 0.6 is 11.3 Å². The highest BCUT2D eigenvalue weighted by Crippen LogP contribution is 2.40. The van der Waals surface area contributed by atoms with Crippen molar-refractivity contribution in [2.75, 3.05) is 17.2 Å². The molecule has 4 atom stereocenters. The molecule has 0 saturated heterocycles. The molecule has 3 aromatic heterocycles. The Morgan fingerprint density at radius 2 is 2.13 bits per heavy atom. The average molecular weight is 445 g/mol. The monoisotopic (exact) mass is 444 g/mol. The van der Waals surface area contributed by atoms with Crippen LogP contribution in [0.3, 0.4) is 0 Å². The number of aliphatic hydroxyl groups excluding tert-OH is 2. The molecular weight excluding hydrogens is 416 g/mol. The third kappa shape index (κ3) is 4.20. The van der Waals surface area contributed by atoms with Crippen LogP contribution in [0.15, 0.2) is 18.5 Å². The van der Waals surface area contributed by atoms with Crippen molar-refractivity contribution < 1.29 is 15.3 Å². The first-order chi connectivity index (χ1) is 14.8. The third-order valence-corrected chi connectivity index (χ3v) is 6.94. The van der Waals surface area contributed by atoms with Crippen molar-refractivity contribution in [1.82, 2.24) is 19.9 Å². The maximum absolute atomic E-state index is 11.2. The number of anilines is 2. The minimum Gasteiger partial charge on any atom is -0.396 e. The molecule has 1 fully saturated rings. The van der Waals surface area contributed by atoms with Crippen molar-refractivity contribution in [1.29, 1.82) is 0 Å². The minimum absolute atomic E-state index is 0.172.